The van der Waals surface area contributed by atoms with Crippen LogP contribution in [0.3, 0.4) is 0 Å². The van der Waals surface area contributed by atoms with Gasteiger partial charge in [0.25, 0.3) is 0 Å². The number of hydrogen-bond acceptors (Lipinski definition) is 5. The molecule has 7 heteroatoms. The Hall–Kier alpha value is -0.690. The molecule has 2 rings (SSSR count). The molecule has 2 N–H and O–H groups in total. The van der Waals surface area contributed by atoms with E-state index < -0.39 is 0 Å². The number of aromatic nitrogens is 2. The van der Waals surface area contributed by atoms with Crippen LogP contribution in [0, 0.1) is 0 Å². The molecule has 0 bridgehead atoms. The molecular weight excluding hydrogens is 268 g/mol. The van der Waals surface area contributed by atoms with Crippen molar-refractivity contribution in [1.29, 1.82) is 0 Å². The minimum atomic E-state index is -0.283. The van der Waals surface area contributed by atoms with Gasteiger partial charge in [-0.3, -0.25) is 4.79 Å². The highest BCUT2D eigenvalue weighted by Crippen LogP contribution is 2.29. The van der Waals surface area contributed by atoms with Crippen LogP contribution in [0.15, 0.2) is 3.92 Å². The Morgan fingerprint density at radius 1 is 1.64 bits per heavy atom. The Labute approximate surface area is 93.4 Å². The van der Waals surface area contributed by atoms with Crippen molar-refractivity contribution in [2.75, 3.05) is 11.4 Å². The van der Waals surface area contributed by atoms with Gasteiger partial charge in [0.05, 0.1) is 0 Å². The standard InChI is InChI=1S/C7H9BrN4OS/c8-6-10-11-7(14-6)12-3-1-2-4(12)5(9)13/h4H,1-3H2,(H2,9,13). The van der Waals surface area contributed by atoms with Crippen molar-refractivity contribution in [3.8, 4) is 0 Å². The van der Waals surface area contributed by atoms with Gasteiger partial charge < -0.3 is 10.6 Å². The average molecular weight is 277 g/mol. The first-order valence-corrected chi connectivity index (χ1v) is 5.84. The van der Waals surface area contributed by atoms with E-state index in [1.807, 2.05) is 4.90 Å². The Morgan fingerprint density at radius 3 is 3.00 bits per heavy atom. The molecule has 1 unspecified atom stereocenters. The van der Waals surface area contributed by atoms with Gasteiger partial charge in [-0.2, -0.15) is 0 Å². The van der Waals surface area contributed by atoms with E-state index in [2.05, 4.69) is 26.1 Å². The smallest absolute Gasteiger partial charge is 0.240 e. The molecule has 0 aliphatic carbocycles. The fourth-order valence-electron chi connectivity index (χ4n) is 1.61. The van der Waals surface area contributed by atoms with E-state index in [1.165, 1.54) is 11.3 Å². The molecule has 1 aliphatic rings. The van der Waals surface area contributed by atoms with Crippen LogP contribution in [0.4, 0.5) is 5.13 Å². The van der Waals surface area contributed by atoms with E-state index in [9.17, 15) is 4.79 Å². The predicted molar refractivity (Wildman–Crippen MR) is 57.2 cm³/mol. The zero-order chi connectivity index (χ0) is 10.1. The number of anilines is 1. The van der Waals surface area contributed by atoms with Crippen LogP contribution >= 0.6 is 27.3 Å². The quantitative estimate of drug-likeness (QED) is 0.866. The maximum absolute atomic E-state index is 11.1. The lowest BCUT2D eigenvalue weighted by molar-refractivity contribution is -0.119. The second kappa shape index (κ2) is 3.82. The highest BCUT2D eigenvalue weighted by Gasteiger charge is 2.31. The lowest BCUT2D eigenvalue weighted by atomic mass is 10.2. The molecule has 76 valence electrons. The number of amides is 1. The Kier molecular flexibility index (Phi) is 2.69. The maximum Gasteiger partial charge on any atom is 0.240 e. The third-order valence-corrected chi connectivity index (χ3v) is 3.61. The van der Waals surface area contributed by atoms with Gasteiger partial charge in [0.2, 0.25) is 11.0 Å². The van der Waals surface area contributed by atoms with Gasteiger partial charge in [-0.15, -0.1) is 10.2 Å². The molecule has 1 saturated heterocycles. The number of primary amides is 1. The number of rotatable bonds is 2. The number of carbonyl (C=O) groups is 1. The van der Waals surface area contributed by atoms with Crippen LogP contribution in [-0.4, -0.2) is 28.7 Å². The number of nitrogens with two attached hydrogens (primary N) is 1. The number of halogens is 1. The fraction of sp³-hybridized carbons (Fsp3) is 0.571. The molecule has 1 fully saturated rings. The largest absolute Gasteiger partial charge is 0.368 e. The van der Waals surface area contributed by atoms with Gasteiger partial charge in [0, 0.05) is 6.54 Å². The third kappa shape index (κ3) is 1.74. The summed E-state index contributed by atoms with van der Waals surface area (Å²) in [6.07, 6.45) is 1.79. The molecule has 1 amide bonds. The molecule has 0 radical (unpaired) electrons. The third-order valence-electron chi connectivity index (χ3n) is 2.22. The molecular formula is C7H9BrN4OS. The summed E-state index contributed by atoms with van der Waals surface area (Å²) in [5.74, 6) is -0.283. The van der Waals surface area contributed by atoms with Crippen LogP contribution in [0.5, 0.6) is 0 Å². The van der Waals surface area contributed by atoms with Crippen molar-refractivity contribution in [2.24, 2.45) is 5.73 Å². The van der Waals surface area contributed by atoms with Crippen molar-refractivity contribution in [1.82, 2.24) is 10.2 Å². The molecule has 14 heavy (non-hydrogen) atoms. The lowest BCUT2D eigenvalue weighted by Crippen LogP contribution is -2.40. The number of nitrogens with zero attached hydrogens (tertiary/aromatic N) is 3. The van der Waals surface area contributed by atoms with Crippen LogP contribution in [-0.2, 0) is 4.79 Å². The van der Waals surface area contributed by atoms with Gasteiger partial charge in [0.15, 0.2) is 3.92 Å². The first-order valence-electron chi connectivity index (χ1n) is 4.23. The molecule has 1 aliphatic heterocycles. The van der Waals surface area contributed by atoms with E-state index in [0.717, 1.165) is 28.4 Å². The highest BCUT2D eigenvalue weighted by atomic mass is 79.9. The summed E-state index contributed by atoms with van der Waals surface area (Å²) in [5.41, 5.74) is 5.30. The van der Waals surface area contributed by atoms with Crippen LogP contribution in [0.1, 0.15) is 12.8 Å². The summed E-state index contributed by atoms with van der Waals surface area (Å²) in [7, 11) is 0. The van der Waals surface area contributed by atoms with Crippen LogP contribution in [0.25, 0.3) is 0 Å². The minimum absolute atomic E-state index is 0.213. The van der Waals surface area contributed by atoms with Gasteiger partial charge in [-0.25, -0.2) is 0 Å². The summed E-state index contributed by atoms with van der Waals surface area (Å²) in [5, 5.41) is 8.58. The van der Waals surface area contributed by atoms with Gasteiger partial charge in [0.1, 0.15) is 6.04 Å². The van der Waals surface area contributed by atoms with Crippen molar-refractivity contribution in [3.63, 3.8) is 0 Å². The molecule has 5 nitrogen and oxygen atoms in total. The van der Waals surface area contributed by atoms with E-state index in [0.29, 0.717) is 0 Å². The normalized spacial score (nSPS) is 21.5. The van der Waals surface area contributed by atoms with E-state index in [-0.39, 0.29) is 11.9 Å². The molecule has 0 spiro atoms. The summed E-state index contributed by atoms with van der Waals surface area (Å²) in [6.45, 7) is 0.829. The first kappa shape index (κ1) is 9.85. The van der Waals surface area contributed by atoms with Gasteiger partial charge in [-0.1, -0.05) is 11.3 Å². The summed E-state index contributed by atoms with van der Waals surface area (Å²) >= 11 is 4.66. The summed E-state index contributed by atoms with van der Waals surface area (Å²) < 4.78 is 0.725. The molecule has 0 aromatic carbocycles. The van der Waals surface area contributed by atoms with Crippen molar-refractivity contribution >= 4 is 38.3 Å². The topological polar surface area (TPSA) is 72.1 Å². The summed E-state index contributed by atoms with van der Waals surface area (Å²) in [4.78, 5) is 13.0. The first-order chi connectivity index (χ1) is 6.68. The predicted octanol–water partition coefficient (Wildman–Crippen LogP) is 0.755. The monoisotopic (exact) mass is 276 g/mol. The maximum atomic E-state index is 11.1. The zero-order valence-corrected chi connectivity index (χ0v) is 9.71. The minimum Gasteiger partial charge on any atom is -0.368 e. The van der Waals surface area contributed by atoms with Crippen molar-refractivity contribution < 1.29 is 4.79 Å². The van der Waals surface area contributed by atoms with Crippen molar-refractivity contribution in [3.05, 3.63) is 3.92 Å². The van der Waals surface area contributed by atoms with E-state index in [1.54, 1.807) is 0 Å². The number of carbonyl (C=O) groups excluding carboxylic acids is 1. The Morgan fingerprint density at radius 2 is 2.43 bits per heavy atom. The van der Waals surface area contributed by atoms with E-state index in [4.69, 9.17) is 5.73 Å². The van der Waals surface area contributed by atoms with E-state index >= 15 is 0 Å². The molecule has 2 heterocycles. The highest BCUT2D eigenvalue weighted by molar-refractivity contribution is 9.11. The van der Waals surface area contributed by atoms with Gasteiger partial charge >= 0.3 is 0 Å². The van der Waals surface area contributed by atoms with Crippen LogP contribution in [0.2, 0.25) is 0 Å². The molecule has 1 aromatic rings. The number of hydrogen-bond donors (Lipinski definition) is 1. The molecule has 1 atom stereocenters. The molecule has 0 saturated carbocycles. The fourth-order valence-corrected chi connectivity index (χ4v) is 2.77. The second-order valence-corrected chi connectivity index (χ2v) is 5.32. The Balaban J connectivity index is 2.21. The van der Waals surface area contributed by atoms with Gasteiger partial charge in [-0.05, 0) is 28.8 Å². The average Bonchev–Trinajstić information content (AvgIpc) is 2.70. The zero-order valence-electron chi connectivity index (χ0n) is 7.31. The molecule has 1 aromatic heterocycles. The second-order valence-electron chi connectivity index (χ2n) is 3.09. The van der Waals surface area contributed by atoms with Crippen LogP contribution < -0.4 is 10.6 Å². The lowest BCUT2D eigenvalue weighted by Gasteiger charge is -2.19. The summed E-state index contributed by atoms with van der Waals surface area (Å²) in [6, 6.07) is -0.213. The Bertz CT molecular complexity index is 355. The SMILES string of the molecule is NC(=O)C1CCCN1c1nnc(Br)s1. The van der Waals surface area contributed by atoms with Crippen molar-refractivity contribution in [2.45, 2.75) is 18.9 Å².